The van der Waals surface area contributed by atoms with Gasteiger partial charge in [0.15, 0.2) is 0 Å². The summed E-state index contributed by atoms with van der Waals surface area (Å²) in [6, 6.07) is 8.43. The van der Waals surface area contributed by atoms with Gasteiger partial charge in [-0.15, -0.1) is 0 Å². The van der Waals surface area contributed by atoms with E-state index >= 15 is 0 Å². The van der Waals surface area contributed by atoms with Crippen molar-refractivity contribution in [1.29, 1.82) is 5.26 Å². The second kappa shape index (κ2) is 4.42. The maximum absolute atomic E-state index is 9.02. The molecule has 0 aliphatic heterocycles. The number of rotatable bonds is 2. The molecule has 0 unspecified atom stereocenters. The highest BCUT2D eigenvalue weighted by atomic mass is 15.3. The van der Waals surface area contributed by atoms with Crippen molar-refractivity contribution in [3.63, 3.8) is 0 Å². The van der Waals surface area contributed by atoms with Gasteiger partial charge in [-0.3, -0.25) is 0 Å². The fourth-order valence-electron chi connectivity index (χ4n) is 2.06. The van der Waals surface area contributed by atoms with Crippen LogP contribution in [0.4, 0.5) is 0 Å². The molecule has 0 N–H and O–H groups in total. The molecule has 0 amide bonds. The van der Waals surface area contributed by atoms with Crippen molar-refractivity contribution >= 4 is 0 Å². The van der Waals surface area contributed by atoms with Gasteiger partial charge in [0.05, 0.1) is 23.1 Å². The van der Waals surface area contributed by atoms with Crippen molar-refractivity contribution in [1.82, 2.24) is 9.78 Å². The van der Waals surface area contributed by atoms with Gasteiger partial charge in [0.25, 0.3) is 0 Å². The van der Waals surface area contributed by atoms with E-state index in [4.69, 9.17) is 5.26 Å². The molecule has 3 nitrogen and oxygen atoms in total. The largest absolute Gasteiger partial charge is 0.236 e. The van der Waals surface area contributed by atoms with Crippen LogP contribution in [0, 0.1) is 25.2 Å². The number of nitrogens with zero attached hydrogens (tertiary/aromatic N) is 3. The van der Waals surface area contributed by atoms with Crippen LogP contribution in [0.25, 0.3) is 5.69 Å². The van der Waals surface area contributed by atoms with E-state index in [0.717, 1.165) is 17.8 Å². The maximum Gasteiger partial charge on any atom is 0.103 e. The molecular formula is C14H15N3. The molecule has 2 aromatic rings. The smallest absolute Gasteiger partial charge is 0.103 e. The number of aryl methyl sites for hydroxylation is 2. The first kappa shape index (κ1) is 11.4. The minimum atomic E-state index is 0.660. The lowest BCUT2D eigenvalue weighted by atomic mass is 10.1. The van der Waals surface area contributed by atoms with E-state index < -0.39 is 0 Å². The summed E-state index contributed by atoms with van der Waals surface area (Å²) in [7, 11) is 0. The third-order valence-electron chi connectivity index (χ3n) is 2.90. The molecule has 17 heavy (non-hydrogen) atoms. The summed E-state index contributed by atoms with van der Waals surface area (Å²) in [6.45, 7) is 6.18. The minimum absolute atomic E-state index is 0.660. The zero-order chi connectivity index (χ0) is 12.4. The third-order valence-corrected chi connectivity index (χ3v) is 2.90. The van der Waals surface area contributed by atoms with Gasteiger partial charge in [0.1, 0.15) is 6.07 Å². The number of benzene rings is 1. The fraction of sp³-hybridized carbons (Fsp3) is 0.286. The van der Waals surface area contributed by atoms with E-state index in [0.29, 0.717) is 5.56 Å². The molecule has 0 aliphatic carbocycles. The lowest BCUT2D eigenvalue weighted by molar-refractivity contribution is 0.807. The Kier molecular flexibility index (Phi) is 2.97. The van der Waals surface area contributed by atoms with Crippen LogP contribution in [0.2, 0.25) is 0 Å². The number of hydrogen-bond acceptors (Lipinski definition) is 2. The molecule has 86 valence electrons. The normalized spacial score (nSPS) is 10.2. The predicted molar refractivity (Wildman–Crippen MR) is 67.1 cm³/mol. The first-order valence-corrected chi connectivity index (χ1v) is 5.72. The van der Waals surface area contributed by atoms with Gasteiger partial charge in [-0.05, 0) is 31.9 Å². The Morgan fingerprint density at radius 2 is 2.12 bits per heavy atom. The van der Waals surface area contributed by atoms with Gasteiger partial charge in [0.2, 0.25) is 0 Å². The Morgan fingerprint density at radius 1 is 1.35 bits per heavy atom. The summed E-state index contributed by atoms with van der Waals surface area (Å²) in [5.41, 5.74) is 5.09. The molecule has 3 heteroatoms. The van der Waals surface area contributed by atoms with Gasteiger partial charge in [-0.1, -0.05) is 24.6 Å². The molecule has 2 rings (SSSR count). The highest BCUT2D eigenvalue weighted by molar-refractivity contribution is 5.45. The van der Waals surface area contributed by atoms with Crippen molar-refractivity contribution in [2.45, 2.75) is 27.2 Å². The van der Waals surface area contributed by atoms with E-state index in [9.17, 15) is 0 Å². The van der Waals surface area contributed by atoms with E-state index in [2.05, 4.69) is 43.2 Å². The Bertz CT molecular complexity index is 588. The Morgan fingerprint density at radius 3 is 2.71 bits per heavy atom. The summed E-state index contributed by atoms with van der Waals surface area (Å²) < 4.78 is 1.87. The van der Waals surface area contributed by atoms with Crippen LogP contribution in [-0.4, -0.2) is 9.78 Å². The average molecular weight is 225 g/mol. The SMILES string of the molecule is CCc1c(C#N)cnn1-c1ccc(C)cc1C. The molecule has 1 heterocycles. The van der Waals surface area contributed by atoms with E-state index in [-0.39, 0.29) is 0 Å². The zero-order valence-electron chi connectivity index (χ0n) is 10.4. The van der Waals surface area contributed by atoms with Crippen molar-refractivity contribution in [2.75, 3.05) is 0 Å². The molecule has 1 aromatic heterocycles. The summed E-state index contributed by atoms with van der Waals surface area (Å²) >= 11 is 0. The maximum atomic E-state index is 9.02. The third kappa shape index (κ3) is 1.94. The Hall–Kier alpha value is -2.08. The number of nitriles is 1. The summed E-state index contributed by atoms with van der Waals surface area (Å²) in [4.78, 5) is 0. The van der Waals surface area contributed by atoms with Crippen LogP contribution in [0.3, 0.4) is 0 Å². The van der Waals surface area contributed by atoms with Crippen molar-refractivity contribution in [3.05, 3.63) is 46.8 Å². The summed E-state index contributed by atoms with van der Waals surface area (Å²) in [6.07, 6.45) is 2.44. The summed E-state index contributed by atoms with van der Waals surface area (Å²) in [5.74, 6) is 0. The van der Waals surface area contributed by atoms with Crippen LogP contribution >= 0.6 is 0 Å². The highest BCUT2D eigenvalue weighted by Gasteiger charge is 2.11. The standard InChI is InChI=1S/C14H15N3/c1-4-13-12(8-15)9-16-17(13)14-6-5-10(2)7-11(14)3/h5-7,9H,4H2,1-3H3. The lowest BCUT2D eigenvalue weighted by Crippen LogP contribution is -2.04. The monoisotopic (exact) mass is 225 g/mol. The Balaban J connectivity index is 2.61. The fourth-order valence-corrected chi connectivity index (χ4v) is 2.06. The van der Waals surface area contributed by atoms with Crippen LogP contribution in [0.15, 0.2) is 24.4 Å². The molecule has 0 bridgehead atoms. The van der Waals surface area contributed by atoms with Crippen LogP contribution in [-0.2, 0) is 6.42 Å². The van der Waals surface area contributed by atoms with Gasteiger partial charge in [-0.25, -0.2) is 4.68 Å². The second-order valence-corrected chi connectivity index (χ2v) is 4.17. The molecule has 0 fully saturated rings. The molecule has 0 atom stereocenters. The first-order valence-electron chi connectivity index (χ1n) is 5.72. The van der Waals surface area contributed by atoms with Crippen molar-refractivity contribution in [2.24, 2.45) is 0 Å². The first-order chi connectivity index (χ1) is 8.17. The van der Waals surface area contributed by atoms with Gasteiger partial charge < -0.3 is 0 Å². The van der Waals surface area contributed by atoms with Crippen LogP contribution in [0.1, 0.15) is 29.3 Å². The summed E-state index contributed by atoms with van der Waals surface area (Å²) in [5, 5.41) is 13.3. The van der Waals surface area contributed by atoms with Crippen molar-refractivity contribution < 1.29 is 0 Å². The Labute approximate surface area is 101 Å². The highest BCUT2D eigenvalue weighted by Crippen LogP contribution is 2.19. The molecule has 0 radical (unpaired) electrons. The lowest BCUT2D eigenvalue weighted by Gasteiger charge is -2.10. The number of hydrogen-bond donors (Lipinski definition) is 0. The second-order valence-electron chi connectivity index (χ2n) is 4.17. The van der Waals surface area contributed by atoms with Crippen LogP contribution < -0.4 is 0 Å². The van der Waals surface area contributed by atoms with Crippen molar-refractivity contribution in [3.8, 4) is 11.8 Å². The van der Waals surface area contributed by atoms with Gasteiger partial charge in [0, 0.05) is 0 Å². The zero-order valence-corrected chi connectivity index (χ0v) is 10.4. The topological polar surface area (TPSA) is 41.6 Å². The van der Waals surface area contributed by atoms with E-state index in [1.54, 1.807) is 6.20 Å². The molecule has 0 spiro atoms. The molecule has 1 aromatic carbocycles. The molecule has 0 saturated carbocycles. The van der Waals surface area contributed by atoms with E-state index in [1.807, 2.05) is 11.6 Å². The molecule has 0 saturated heterocycles. The predicted octanol–water partition coefficient (Wildman–Crippen LogP) is 2.92. The van der Waals surface area contributed by atoms with Crippen LogP contribution in [0.5, 0.6) is 0 Å². The van der Waals surface area contributed by atoms with E-state index in [1.165, 1.54) is 11.1 Å². The average Bonchev–Trinajstić information content (AvgIpc) is 2.71. The number of aromatic nitrogens is 2. The molecule has 0 aliphatic rings. The quantitative estimate of drug-likeness (QED) is 0.788. The van der Waals surface area contributed by atoms with Gasteiger partial charge in [-0.2, -0.15) is 10.4 Å². The minimum Gasteiger partial charge on any atom is -0.236 e. The molecular weight excluding hydrogens is 210 g/mol. The van der Waals surface area contributed by atoms with Gasteiger partial charge >= 0.3 is 0 Å².